The Kier molecular flexibility index (Phi) is 4.11. The number of hydrogen-bond acceptors (Lipinski definition) is 0. The van der Waals surface area contributed by atoms with Crippen LogP contribution in [-0.4, -0.2) is 13.4 Å². The van der Waals surface area contributed by atoms with Crippen LogP contribution >= 0.6 is 44.3 Å². The van der Waals surface area contributed by atoms with E-state index < -0.39 is 13.4 Å². The van der Waals surface area contributed by atoms with Crippen LogP contribution in [0.1, 0.15) is 19.3 Å². The van der Waals surface area contributed by atoms with Crippen LogP contribution in [-0.2, 0) is 0 Å². The maximum atomic E-state index is 6.19. The molecular formula is C7H14Cl4Si2. The fraction of sp³-hybridized carbons (Fsp3) is 1.00. The third-order valence-electron chi connectivity index (χ3n) is 2.87. The van der Waals surface area contributed by atoms with E-state index in [1.807, 2.05) is 13.1 Å². The normalized spacial score (nSPS) is 30.9. The second-order valence-corrected chi connectivity index (χ2v) is 20.2. The highest BCUT2D eigenvalue weighted by molar-refractivity contribution is 7.46. The Balaban J connectivity index is 2.55. The van der Waals surface area contributed by atoms with Crippen LogP contribution in [0.2, 0.25) is 24.2 Å². The van der Waals surface area contributed by atoms with Gasteiger partial charge >= 0.3 is 0 Å². The molecule has 0 saturated heterocycles. The monoisotopic (exact) mass is 294 g/mol. The molecule has 78 valence electrons. The van der Waals surface area contributed by atoms with Gasteiger partial charge in [0.1, 0.15) is 0 Å². The summed E-state index contributed by atoms with van der Waals surface area (Å²) in [5.41, 5.74) is 0.982. The van der Waals surface area contributed by atoms with Crippen LogP contribution in [0.3, 0.4) is 0 Å². The van der Waals surface area contributed by atoms with E-state index in [0.717, 1.165) is 19.3 Å². The van der Waals surface area contributed by atoms with Crippen molar-refractivity contribution in [3.63, 3.8) is 0 Å². The van der Waals surface area contributed by atoms with Gasteiger partial charge in [-0.15, -0.1) is 44.3 Å². The summed E-state index contributed by atoms with van der Waals surface area (Å²) >= 11 is 24.8. The Bertz CT molecular complexity index is 164. The van der Waals surface area contributed by atoms with Crippen molar-refractivity contribution in [3.05, 3.63) is 0 Å². The standard InChI is InChI=1S/C7H14Cl4Si2/c1-12(8,9)6-3-4-7(5-6)13(2,10)11/h6-7H,3-5H2,1-2H3. The summed E-state index contributed by atoms with van der Waals surface area (Å²) in [4.78, 5) is 0. The maximum absolute atomic E-state index is 6.19. The van der Waals surface area contributed by atoms with E-state index in [4.69, 9.17) is 44.3 Å². The number of hydrogen-bond donors (Lipinski definition) is 0. The predicted molar refractivity (Wildman–Crippen MR) is 68.0 cm³/mol. The van der Waals surface area contributed by atoms with E-state index >= 15 is 0 Å². The molecule has 0 N–H and O–H groups in total. The summed E-state index contributed by atoms with van der Waals surface area (Å²) in [6, 6.07) is 0. The molecule has 1 saturated carbocycles. The highest BCUT2D eigenvalue weighted by atomic mass is 35.7. The van der Waals surface area contributed by atoms with Crippen molar-refractivity contribution in [1.29, 1.82) is 0 Å². The topological polar surface area (TPSA) is 0 Å². The third-order valence-corrected chi connectivity index (χ3v) is 10.5. The van der Waals surface area contributed by atoms with E-state index in [1.54, 1.807) is 0 Å². The Morgan fingerprint density at radius 2 is 1.15 bits per heavy atom. The first-order valence-corrected chi connectivity index (χ1v) is 13.7. The molecule has 1 rings (SSSR count). The first-order chi connectivity index (χ1) is 5.71. The molecule has 0 bridgehead atoms. The fourth-order valence-electron chi connectivity index (χ4n) is 1.90. The van der Waals surface area contributed by atoms with Gasteiger partial charge in [-0.05, 0) is 30.6 Å². The minimum Gasteiger partial charge on any atom is -0.146 e. The molecule has 1 fully saturated rings. The molecule has 0 aromatic rings. The van der Waals surface area contributed by atoms with Gasteiger partial charge in [0.2, 0.25) is 0 Å². The van der Waals surface area contributed by atoms with Crippen LogP contribution in [0.25, 0.3) is 0 Å². The number of halogens is 4. The van der Waals surface area contributed by atoms with Crippen molar-refractivity contribution in [2.24, 2.45) is 0 Å². The lowest BCUT2D eigenvalue weighted by molar-refractivity contribution is 0.853. The average molecular weight is 296 g/mol. The molecule has 0 heterocycles. The second kappa shape index (κ2) is 4.22. The molecule has 0 spiro atoms. The minimum absolute atomic E-state index is 0.491. The van der Waals surface area contributed by atoms with Crippen molar-refractivity contribution in [2.45, 2.75) is 43.4 Å². The first kappa shape index (κ1) is 12.7. The smallest absolute Gasteiger partial charge is 0.146 e. The van der Waals surface area contributed by atoms with E-state index in [2.05, 4.69) is 0 Å². The molecule has 13 heavy (non-hydrogen) atoms. The quantitative estimate of drug-likeness (QED) is 0.496. The van der Waals surface area contributed by atoms with Gasteiger partial charge in [-0.2, -0.15) is 0 Å². The third kappa shape index (κ3) is 3.58. The Hall–Kier alpha value is 1.59. The summed E-state index contributed by atoms with van der Waals surface area (Å²) in [5.74, 6) is 0. The van der Waals surface area contributed by atoms with Crippen LogP contribution < -0.4 is 0 Å². The lowest BCUT2D eigenvalue weighted by Crippen LogP contribution is -2.23. The molecule has 1 aliphatic rings. The highest BCUT2D eigenvalue weighted by Crippen LogP contribution is 2.52. The van der Waals surface area contributed by atoms with Crippen molar-refractivity contribution in [3.8, 4) is 0 Å². The summed E-state index contributed by atoms with van der Waals surface area (Å²) in [7, 11) is 0. The van der Waals surface area contributed by atoms with Crippen LogP contribution in [0.5, 0.6) is 0 Å². The van der Waals surface area contributed by atoms with E-state index in [9.17, 15) is 0 Å². The first-order valence-electron chi connectivity index (χ1n) is 4.47. The lowest BCUT2D eigenvalue weighted by Gasteiger charge is -2.22. The predicted octanol–water partition coefficient (Wildman–Crippen LogP) is 5.01. The Morgan fingerprint density at radius 3 is 1.31 bits per heavy atom. The van der Waals surface area contributed by atoms with E-state index in [0.29, 0.717) is 11.1 Å². The summed E-state index contributed by atoms with van der Waals surface area (Å²) in [5, 5.41) is 0. The number of rotatable bonds is 2. The van der Waals surface area contributed by atoms with E-state index in [1.165, 1.54) is 0 Å². The van der Waals surface area contributed by atoms with Gasteiger partial charge < -0.3 is 0 Å². The minimum atomic E-state index is -2.00. The molecule has 0 nitrogen and oxygen atoms in total. The van der Waals surface area contributed by atoms with Gasteiger partial charge in [-0.1, -0.05) is 12.8 Å². The van der Waals surface area contributed by atoms with Crippen molar-refractivity contribution in [1.82, 2.24) is 0 Å². The van der Waals surface area contributed by atoms with Crippen molar-refractivity contribution in [2.75, 3.05) is 0 Å². The molecule has 0 radical (unpaired) electrons. The van der Waals surface area contributed by atoms with Gasteiger partial charge in [0, 0.05) is 0 Å². The zero-order chi connectivity index (χ0) is 10.3. The van der Waals surface area contributed by atoms with Crippen LogP contribution in [0.15, 0.2) is 0 Å². The van der Waals surface area contributed by atoms with Crippen molar-refractivity contribution < 1.29 is 0 Å². The molecule has 2 atom stereocenters. The average Bonchev–Trinajstić information content (AvgIpc) is 2.28. The maximum Gasteiger partial charge on any atom is 0.251 e. The van der Waals surface area contributed by atoms with Gasteiger partial charge in [0.15, 0.2) is 0 Å². The summed E-state index contributed by atoms with van der Waals surface area (Å²) in [6.07, 6.45) is 3.27. The van der Waals surface area contributed by atoms with E-state index in [-0.39, 0.29) is 0 Å². The van der Waals surface area contributed by atoms with Crippen molar-refractivity contribution >= 4 is 57.7 Å². The zero-order valence-corrected chi connectivity index (χ0v) is 12.8. The molecule has 1 aliphatic carbocycles. The molecule has 0 aromatic carbocycles. The van der Waals surface area contributed by atoms with Gasteiger partial charge in [-0.3, -0.25) is 0 Å². The summed E-state index contributed by atoms with van der Waals surface area (Å²) in [6.45, 7) is -0.00956. The molecule has 0 aliphatic heterocycles. The largest absolute Gasteiger partial charge is 0.251 e. The molecule has 0 amide bonds. The Morgan fingerprint density at radius 1 is 0.846 bits per heavy atom. The molecule has 2 unspecified atom stereocenters. The van der Waals surface area contributed by atoms with Gasteiger partial charge in [0.25, 0.3) is 13.4 Å². The Labute approximate surface area is 101 Å². The SMILES string of the molecule is C[Si](Cl)(Cl)C1CCC([Si](C)(Cl)Cl)C1. The van der Waals surface area contributed by atoms with Crippen LogP contribution in [0, 0.1) is 0 Å². The zero-order valence-electron chi connectivity index (χ0n) is 7.79. The molecule has 0 aromatic heterocycles. The van der Waals surface area contributed by atoms with Gasteiger partial charge in [-0.25, -0.2) is 0 Å². The highest BCUT2D eigenvalue weighted by Gasteiger charge is 2.45. The summed E-state index contributed by atoms with van der Waals surface area (Å²) < 4.78 is 0. The van der Waals surface area contributed by atoms with Gasteiger partial charge in [0.05, 0.1) is 0 Å². The lowest BCUT2D eigenvalue weighted by atomic mass is 10.4. The fourth-order valence-corrected chi connectivity index (χ4v) is 7.26. The van der Waals surface area contributed by atoms with Crippen LogP contribution in [0.4, 0.5) is 0 Å². The second-order valence-electron chi connectivity index (χ2n) is 4.12. The molecular weight excluding hydrogens is 282 g/mol. The molecule has 6 heteroatoms.